The molecule has 30 heavy (non-hydrogen) atoms. The lowest BCUT2D eigenvalue weighted by Gasteiger charge is -2.19. The third-order valence-electron chi connectivity index (χ3n) is 4.23. The number of carboxylic acids is 1. The summed E-state index contributed by atoms with van der Waals surface area (Å²) in [4.78, 5) is 23.7. The molecule has 0 aromatic heterocycles. The Morgan fingerprint density at radius 1 is 1.10 bits per heavy atom. The number of benzene rings is 2. The zero-order chi connectivity index (χ0) is 22.1. The van der Waals surface area contributed by atoms with E-state index < -0.39 is 12.0 Å². The molecule has 0 saturated heterocycles. The van der Waals surface area contributed by atoms with E-state index in [0.717, 1.165) is 6.42 Å². The fourth-order valence-electron chi connectivity index (χ4n) is 2.81. The number of carbonyl (C=O) groups is 2. The standard InChI is InChI=1S/C22H27N3O5/c1-3-5-17(26)13-30-19-11-15(10-18(12-19)29-4-2)20(22(27)28)25-16-8-6-14(7-9-16)21(23)24/h6-12,20,25H,3-5,13H2,1-2H3,(H3,23,24)(H,27,28). The van der Waals surface area contributed by atoms with Crippen LogP contribution >= 0.6 is 0 Å². The smallest absolute Gasteiger partial charge is 0.330 e. The molecule has 0 heterocycles. The predicted octanol–water partition coefficient (Wildman–Crippen LogP) is 3.36. The van der Waals surface area contributed by atoms with Crippen molar-refractivity contribution in [3.8, 4) is 11.5 Å². The summed E-state index contributed by atoms with van der Waals surface area (Å²) < 4.78 is 11.1. The fraction of sp³-hybridized carbons (Fsp3) is 0.318. The Morgan fingerprint density at radius 2 is 1.73 bits per heavy atom. The maximum absolute atomic E-state index is 12.0. The van der Waals surface area contributed by atoms with Gasteiger partial charge in [0, 0.05) is 23.7 Å². The van der Waals surface area contributed by atoms with Gasteiger partial charge in [0.15, 0.2) is 11.8 Å². The molecule has 8 heteroatoms. The number of nitrogens with two attached hydrogens (primary N) is 1. The lowest BCUT2D eigenvalue weighted by molar-refractivity contribution is -0.138. The molecule has 2 aromatic rings. The summed E-state index contributed by atoms with van der Waals surface area (Å²) >= 11 is 0. The first-order valence-electron chi connectivity index (χ1n) is 9.70. The summed E-state index contributed by atoms with van der Waals surface area (Å²) in [7, 11) is 0. The van der Waals surface area contributed by atoms with Crippen LogP contribution in [0.2, 0.25) is 0 Å². The van der Waals surface area contributed by atoms with E-state index in [1.807, 2.05) is 13.8 Å². The normalized spacial score (nSPS) is 11.4. The first kappa shape index (κ1) is 22.7. The summed E-state index contributed by atoms with van der Waals surface area (Å²) in [6, 6.07) is 10.3. The first-order chi connectivity index (χ1) is 14.3. The Bertz CT molecular complexity index is 896. The molecule has 2 rings (SSSR count). The quantitative estimate of drug-likeness (QED) is 0.309. The number of amidine groups is 1. The zero-order valence-corrected chi connectivity index (χ0v) is 17.1. The number of anilines is 1. The molecule has 0 saturated carbocycles. The minimum absolute atomic E-state index is 0.0284. The van der Waals surface area contributed by atoms with Crippen LogP contribution in [0.5, 0.6) is 11.5 Å². The average Bonchev–Trinajstić information content (AvgIpc) is 2.71. The van der Waals surface area contributed by atoms with Crippen molar-refractivity contribution in [2.24, 2.45) is 5.73 Å². The number of ether oxygens (including phenoxy) is 2. The molecule has 2 aromatic carbocycles. The number of carbonyl (C=O) groups excluding carboxylic acids is 1. The Morgan fingerprint density at radius 3 is 2.27 bits per heavy atom. The van der Waals surface area contributed by atoms with E-state index >= 15 is 0 Å². The van der Waals surface area contributed by atoms with Gasteiger partial charge >= 0.3 is 5.97 Å². The molecule has 0 fully saturated rings. The van der Waals surface area contributed by atoms with Gasteiger partial charge < -0.3 is 25.6 Å². The van der Waals surface area contributed by atoms with Crippen LogP contribution in [0.1, 0.15) is 43.9 Å². The molecule has 0 radical (unpaired) electrons. The Kier molecular flexibility index (Phi) is 8.22. The molecular formula is C22H27N3O5. The molecule has 0 amide bonds. The van der Waals surface area contributed by atoms with Crippen molar-refractivity contribution in [1.82, 2.24) is 0 Å². The Hall–Kier alpha value is -3.55. The predicted molar refractivity (Wildman–Crippen MR) is 114 cm³/mol. The van der Waals surface area contributed by atoms with E-state index in [1.165, 1.54) is 0 Å². The van der Waals surface area contributed by atoms with Crippen molar-refractivity contribution >= 4 is 23.3 Å². The molecule has 5 N–H and O–H groups in total. The molecule has 1 unspecified atom stereocenters. The van der Waals surface area contributed by atoms with Gasteiger partial charge in [0.05, 0.1) is 6.61 Å². The lowest BCUT2D eigenvalue weighted by atomic mass is 10.1. The molecule has 8 nitrogen and oxygen atoms in total. The highest BCUT2D eigenvalue weighted by Crippen LogP contribution is 2.29. The number of hydrogen-bond acceptors (Lipinski definition) is 6. The topological polar surface area (TPSA) is 135 Å². The van der Waals surface area contributed by atoms with Crippen molar-refractivity contribution in [2.45, 2.75) is 32.7 Å². The molecule has 0 aliphatic rings. The van der Waals surface area contributed by atoms with E-state index in [4.69, 9.17) is 20.6 Å². The highest BCUT2D eigenvalue weighted by molar-refractivity contribution is 5.95. The van der Waals surface area contributed by atoms with Crippen LogP contribution in [-0.4, -0.2) is 35.9 Å². The molecule has 160 valence electrons. The Balaban J connectivity index is 2.29. The van der Waals surface area contributed by atoms with E-state index in [-0.39, 0.29) is 18.2 Å². The summed E-state index contributed by atoms with van der Waals surface area (Å²) in [5.74, 6) is -0.375. The first-order valence-corrected chi connectivity index (χ1v) is 9.70. The molecule has 1 atom stereocenters. The molecular weight excluding hydrogens is 386 g/mol. The number of Topliss-reactive ketones (excluding diaryl/α,β-unsaturated/α-hetero) is 1. The number of nitrogens with one attached hydrogen (secondary N) is 2. The van der Waals surface area contributed by atoms with Crippen molar-refractivity contribution in [1.29, 1.82) is 5.41 Å². The second kappa shape index (κ2) is 10.8. The average molecular weight is 413 g/mol. The largest absolute Gasteiger partial charge is 0.494 e. The summed E-state index contributed by atoms with van der Waals surface area (Å²) in [5.41, 5.74) is 6.96. The van der Waals surface area contributed by atoms with E-state index in [0.29, 0.717) is 41.3 Å². The van der Waals surface area contributed by atoms with Crippen LogP contribution in [0.4, 0.5) is 5.69 Å². The fourth-order valence-corrected chi connectivity index (χ4v) is 2.81. The second-order valence-corrected chi connectivity index (χ2v) is 6.65. The monoisotopic (exact) mass is 413 g/mol. The van der Waals surface area contributed by atoms with E-state index in [1.54, 1.807) is 42.5 Å². The van der Waals surface area contributed by atoms with Gasteiger partial charge in [-0.15, -0.1) is 0 Å². The number of ketones is 1. The third kappa shape index (κ3) is 6.51. The maximum atomic E-state index is 12.0. The van der Waals surface area contributed by atoms with Crippen molar-refractivity contribution in [3.63, 3.8) is 0 Å². The molecule has 0 spiro atoms. The van der Waals surface area contributed by atoms with Crippen molar-refractivity contribution in [2.75, 3.05) is 18.5 Å². The zero-order valence-electron chi connectivity index (χ0n) is 17.1. The van der Waals surface area contributed by atoms with Gasteiger partial charge in [-0.05, 0) is 55.3 Å². The van der Waals surface area contributed by atoms with Crippen molar-refractivity contribution < 1.29 is 24.2 Å². The number of rotatable bonds is 12. The molecule has 0 aliphatic heterocycles. The van der Waals surface area contributed by atoms with Crippen LogP contribution in [0.15, 0.2) is 42.5 Å². The van der Waals surface area contributed by atoms with E-state index in [2.05, 4.69) is 5.32 Å². The Labute approximate surface area is 175 Å². The van der Waals surface area contributed by atoms with Crippen molar-refractivity contribution in [3.05, 3.63) is 53.6 Å². The number of aliphatic carboxylic acids is 1. The lowest BCUT2D eigenvalue weighted by Crippen LogP contribution is -2.21. The summed E-state index contributed by atoms with van der Waals surface area (Å²) in [6.07, 6.45) is 1.16. The van der Waals surface area contributed by atoms with Crippen LogP contribution < -0.4 is 20.5 Å². The van der Waals surface area contributed by atoms with Crippen LogP contribution in [-0.2, 0) is 9.59 Å². The number of carboxylic acid groups (broad SMARTS) is 1. The van der Waals surface area contributed by atoms with Gasteiger partial charge in [-0.25, -0.2) is 4.79 Å². The molecule has 0 bridgehead atoms. The second-order valence-electron chi connectivity index (χ2n) is 6.65. The summed E-state index contributed by atoms with van der Waals surface area (Å²) in [5, 5.41) is 20.2. The van der Waals surface area contributed by atoms with Gasteiger partial charge in [0.2, 0.25) is 0 Å². The number of hydrogen-bond donors (Lipinski definition) is 4. The van der Waals surface area contributed by atoms with Gasteiger partial charge in [-0.3, -0.25) is 10.2 Å². The molecule has 0 aliphatic carbocycles. The SMILES string of the molecule is CCCC(=O)COc1cc(OCC)cc(C(Nc2ccc(C(=N)N)cc2)C(=O)O)c1. The third-order valence-corrected chi connectivity index (χ3v) is 4.23. The van der Waals surface area contributed by atoms with Crippen LogP contribution in [0.25, 0.3) is 0 Å². The maximum Gasteiger partial charge on any atom is 0.330 e. The highest BCUT2D eigenvalue weighted by atomic mass is 16.5. The van der Waals surface area contributed by atoms with Gasteiger partial charge in [-0.1, -0.05) is 6.92 Å². The van der Waals surface area contributed by atoms with Gasteiger partial charge in [0.1, 0.15) is 23.9 Å². The minimum atomic E-state index is -1.09. The minimum Gasteiger partial charge on any atom is -0.494 e. The van der Waals surface area contributed by atoms with Gasteiger partial charge in [-0.2, -0.15) is 0 Å². The van der Waals surface area contributed by atoms with Crippen LogP contribution in [0, 0.1) is 5.41 Å². The number of nitrogen functional groups attached to an aromatic ring is 1. The summed E-state index contributed by atoms with van der Waals surface area (Å²) in [6.45, 7) is 4.05. The highest BCUT2D eigenvalue weighted by Gasteiger charge is 2.22. The van der Waals surface area contributed by atoms with Gasteiger partial charge in [0.25, 0.3) is 0 Å². The van der Waals surface area contributed by atoms with Crippen LogP contribution in [0.3, 0.4) is 0 Å². The van der Waals surface area contributed by atoms with E-state index in [9.17, 15) is 14.7 Å².